The zero-order valence-corrected chi connectivity index (χ0v) is 7.51. The lowest BCUT2D eigenvalue weighted by molar-refractivity contribution is -0.195. The number of rotatable bonds is 2. The Balaban J connectivity index is 2.57. The van der Waals surface area contributed by atoms with Crippen molar-refractivity contribution in [3.8, 4) is 0 Å². The molecule has 6 heteroatoms. The van der Waals surface area contributed by atoms with Gasteiger partial charge in [-0.3, -0.25) is 4.79 Å². The number of carboxylic acids is 1. The topological polar surface area (TPSA) is 57.5 Å². The maximum absolute atomic E-state index is 12.5. The monoisotopic (exact) mass is 244 g/mol. The van der Waals surface area contributed by atoms with Crippen molar-refractivity contribution >= 4 is 21.9 Å². The fourth-order valence-corrected chi connectivity index (χ4v) is 1.49. The molecule has 0 aromatic rings. The van der Waals surface area contributed by atoms with Crippen molar-refractivity contribution in [3.05, 3.63) is 0 Å². The first-order chi connectivity index (χ1) is 5.26. The zero-order chi connectivity index (χ0) is 9.57. The summed E-state index contributed by atoms with van der Waals surface area (Å²) in [5.41, 5.74) is -2.18. The molecule has 0 radical (unpaired) electrons. The van der Waals surface area contributed by atoms with E-state index in [9.17, 15) is 13.6 Å². The van der Waals surface area contributed by atoms with Crippen LogP contribution in [0.5, 0.6) is 0 Å². The minimum Gasteiger partial charge on any atom is -0.481 e. The summed E-state index contributed by atoms with van der Waals surface area (Å²) in [5.74, 6) is -1.99. The maximum Gasteiger partial charge on any atom is 0.329 e. The Morgan fingerprint density at radius 2 is 2.00 bits per heavy atom. The number of halogens is 3. The van der Waals surface area contributed by atoms with Crippen LogP contribution >= 0.6 is 15.9 Å². The molecule has 0 bridgehead atoms. The van der Waals surface area contributed by atoms with E-state index in [4.69, 9.17) is 10.2 Å². The summed E-state index contributed by atoms with van der Waals surface area (Å²) in [6, 6.07) is 0. The number of hydrogen-bond acceptors (Lipinski definition) is 2. The van der Waals surface area contributed by atoms with Crippen molar-refractivity contribution in [2.24, 2.45) is 5.92 Å². The van der Waals surface area contributed by atoms with E-state index in [-0.39, 0.29) is 0 Å². The summed E-state index contributed by atoms with van der Waals surface area (Å²) in [5, 5.41) is 17.5. The molecule has 1 fully saturated rings. The van der Waals surface area contributed by atoms with E-state index in [1.54, 1.807) is 0 Å². The fraction of sp³-hybridized carbons (Fsp3) is 0.833. The number of carbonyl (C=O) groups is 1. The molecule has 0 aromatic heterocycles. The summed E-state index contributed by atoms with van der Waals surface area (Å²) < 4.78 is 24.9. The average Bonchev–Trinajstić information content (AvgIpc) is 1.77. The molecule has 1 aliphatic carbocycles. The van der Waals surface area contributed by atoms with E-state index >= 15 is 0 Å². The lowest BCUT2D eigenvalue weighted by atomic mass is 9.71. The van der Waals surface area contributed by atoms with Crippen molar-refractivity contribution in [2.45, 2.75) is 23.3 Å². The van der Waals surface area contributed by atoms with Crippen LogP contribution in [0.2, 0.25) is 0 Å². The molecule has 1 saturated carbocycles. The molecule has 70 valence electrons. The lowest BCUT2D eigenvalue weighted by Crippen LogP contribution is -2.56. The van der Waals surface area contributed by atoms with Crippen LogP contribution < -0.4 is 0 Å². The predicted molar refractivity (Wildman–Crippen MR) is 39.2 cm³/mol. The summed E-state index contributed by atoms with van der Waals surface area (Å²) in [7, 11) is 0. The van der Waals surface area contributed by atoms with Crippen LogP contribution in [0.4, 0.5) is 8.78 Å². The SMILES string of the molecule is O=C(O)C1CC(O)(C(F)(F)Br)C1. The Morgan fingerprint density at radius 1 is 1.58 bits per heavy atom. The third-order valence-corrected chi connectivity index (χ3v) is 2.78. The smallest absolute Gasteiger partial charge is 0.329 e. The summed E-state index contributed by atoms with van der Waals surface area (Å²) in [4.78, 5) is 6.83. The summed E-state index contributed by atoms with van der Waals surface area (Å²) in [6.07, 6.45) is -0.804. The molecule has 0 saturated heterocycles. The van der Waals surface area contributed by atoms with Gasteiger partial charge in [0.2, 0.25) is 0 Å². The Morgan fingerprint density at radius 3 is 2.25 bits per heavy atom. The summed E-state index contributed by atoms with van der Waals surface area (Å²) in [6.45, 7) is 0. The van der Waals surface area contributed by atoms with E-state index in [1.807, 2.05) is 15.9 Å². The van der Waals surface area contributed by atoms with Gasteiger partial charge in [0.25, 0.3) is 0 Å². The van der Waals surface area contributed by atoms with E-state index < -0.39 is 35.2 Å². The predicted octanol–water partition coefficient (Wildman–Crippen LogP) is 1.20. The second-order valence-corrected chi connectivity index (χ2v) is 3.97. The highest BCUT2D eigenvalue weighted by molar-refractivity contribution is 9.10. The van der Waals surface area contributed by atoms with E-state index in [2.05, 4.69) is 0 Å². The van der Waals surface area contributed by atoms with Gasteiger partial charge in [-0.1, -0.05) is 0 Å². The van der Waals surface area contributed by atoms with Gasteiger partial charge in [0.05, 0.1) is 5.92 Å². The fourth-order valence-electron chi connectivity index (χ4n) is 1.16. The molecule has 12 heavy (non-hydrogen) atoms. The molecule has 1 rings (SSSR count). The second-order valence-electron chi connectivity index (χ2n) is 2.97. The van der Waals surface area contributed by atoms with Crippen LogP contribution in [0.3, 0.4) is 0 Å². The lowest BCUT2D eigenvalue weighted by Gasteiger charge is -2.43. The molecular weight excluding hydrogens is 238 g/mol. The third-order valence-electron chi connectivity index (χ3n) is 2.05. The number of hydrogen-bond donors (Lipinski definition) is 2. The van der Waals surface area contributed by atoms with Crippen molar-refractivity contribution in [1.82, 2.24) is 0 Å². The first-order valence-electron chi connectivity index (χ1n) is 3.28. The molecule has 0 atom stereocenters. The molecule has 0 unspecified atom stereocenters. The van der Waals surface area contributed by atoms with Gasteiger partial charge >= 0.3 is 10.8 Å². The highest BCUT2D eigenvalue weighted by atomic mass is 79.9. The number of aliphatic carboxylic acids is 1. The Hall–Kier alpha value is -0.230. The molecule has 2 N–H and O–H groups in total. The first-order valence-corrected chi connectivity index (χ1v) is 4.07. The van der Waals surface area contributed by atoms with E-state index in [1.165, 1.54) is 0 Å². The van der Waals surface area contributed by atoms with Crippen molar-refractivity contribution in [2.75, 3.05) is 0 Å². The van der Waals surface area contributed by atoms with Gasteiger partial charge in [-0.25, -0.2) is 0 Å². The van der Waals surface area contributed by atoms with Gasteiger partial charge in [0, 0.05) is 0 Å². The highest BCUT2D eigenvalue weighted by Gasteiger charge is 2.60. The van der Waals surface area contributed by atoms with Gasteiger partial charge < -0.3 is 10.2 Å². The maximum atomic E-state index is 12.5. The molecule has 0 amide bonds. The van der Waals surface area contributed by atoms with Crippen LogP contribution in [-0.4, -0.2) is 26.6 Å². The molecule has 0 heterocycles. The quantitative estimate of drug-likeness (QED) is 0.718. The molecule has 0 spiro atoms. The van der Waals surface area contributed by atoms with Crippen molar-refractivity contribution < 1.29 is 23.8 Å². The first kappa shape index (κ1) is 9.85. The van der Waals surface area contributed by atoms with Crippen LogP contribution in [-0.2, 0) is 4.79 Å². The van der Waals surface area contributed by atoms with Gasteiger partial charge in [0.1, 0.15) is 5.60 Å². The van der Waals surface area contributed by atoms with Gasteiger partial charge in [0.15, 0.2) is 0 Å². The largest absolute Gasteiger partial charge is 0.481 e. The molecular formula is C6H7BrF2O3. The van der Waals surface area contributed by atoms with E-state index in [0.29, 0.717) is 0 Å². The molecule has 0 aliphatic heterocycles. The van der Waals surface area contributed by atoms with Crippen molar-refractivity contribution in [3.63, 3.8) is 0 Å². The minimum atomic E-state index is -3.40. The van der Waals surface area contributed by atoms with Crippen LogP contribution in [0, 0.1) is 5.92 Å². The Bertz CT molecular complexity index is 207. The highest BCUT2D eigenvalue weighted by Crippen LogP contribution is 2.50. The normalized spacial score (nSPS) is 35.8. The van der Waals surface area contributed by atoms with Gasteiger partial charge in [-0.2, -0.15) is 8.78 Å². The molecule has 1 aliphatic rings. The van der Waals surface area contributed by atoms with Gasteiger partial charge in [-0.15, -0.1) is 0 Å². The van der Waals surface area contributed by atoms with Crippen LogP contribution in [0.1, 0.15) is 12.8 Å². The Labute approximate surface area is 75.5 Å². The number of carboxylic acid groups (broad SMARTS) is 1. The average molecular weight is 245 g/mol. The minimum absolute atomic E-state index is 0.402. The van der Waals surface area contributed by atoms with Gasteiger partial charge in [-0.05, 0) is 28.8 Å². The van der Waals surface area contributed by atoms with Crippen LogP contribution in [0.25, 0.3) is 0 Å². The van der Waals surface area contributed by atoms with Crippen LogP contribution in [0.15, 0.2) is 0 Å². The van der Waals surface area contributed by atoms with E-state index in [0.717, 1.165) is 0 Å². The zero-order valence-electron chi connectivity index (χ0n) is 5.93. The number of aliphatic hydroxyl groups is 1. The molecule has 3 nitrogen and oxygen atoms in total. The third kappa shape index (κ3) is 1.45. The summed E-state index contributed by atoms with van der Waals surface area (Å²) >= 11 is 2.01. The second kappa shape index (κ2) is 2.63. The molecule has 0 aromatic carbocycles. The van der Waals surface area contributed by atoms with Crippen molar-refractivity contribution in [1.29, 1.82) is 0 Å². The Kier molecular flexibility index (Phi) is 2.16. The standard InChI is InChI=1S/C6H7BrF2O3/c7-6(8,9)5(12)1-3(2-5)4(10)11/h3,12H,1-2H2,(H,10,11). The number of alkyl halides is 3.